The third kappa shape index (κ3) is 3.57. The molecule has 2 unspecified atom stereocenters. The predicted octanol–water partition coefficient (Wildman–Crippen LogP) is 2.40. The van der Waals surface area contributed by atoms with Crippen LogP contribution in [0.1, 0.15) is 26.7 Å². The summed E-state index contributed by atoms with van der Waals surface area (Å²) < 4.78 is 5.47. The largest absolute Gasteiger partial charge is 0.376 e. The maximum atomic E-state index is 11.0. The zero-order valence-corrected chi connectivity index (χ0v) is 11.8. The van der Waals surface area contributed by atoms with E-state index in [2.05, 4.69) is 15.6 Å². The fourth-order valence-electron chi connectivity index (χ4n) is 2.15. The summed E-state index contributed by atoms with van der Waals surface area (Å²) in [5.74, 6) is 1.04. The number of aromatic nitrogens is 1. The van der Waals surface area contributed by atoms with Gasteiger partial charge in [-0.15, -0.1) is 0 Å². The lowest BCUT2D eigenvalue weighted by atomic mass is 10.1. The van der Waals surface area contributed by atoms with Gasteiger partial charge in [-0.2, -0.15) is 0 Å². The van der Waals surface area contributed by atoms with Gasteiger partial charge in [0.1, 0.15) is 11.6 Å². The quantitative estimate of drug-likeness (QED) is 0.614. The van der Waals surface area contributed by atoms with E-state index in [0.29, 0.717) is 18.2 Å². The molecule has 0 spiro atoms. The lowest BCUT2D eigenvalue weighted by Crippen LogP contribution is -2.27. The van der Waals surface area contributed by atoms with Crippen molar-refractivity contribution < 1.29 is 9.66 Å². The third-order valence-electron chi connectivity index (χ3n) is 3.29. The fraction of sp³-hybridized carbons (Fsp3) is 0.615. The molecule has 1 fully saturated rings. The van der Waals surface area contributed by atoms with Crippen molar-refractivity contribution in [1.82, 2.24) is 4.98 Å². The van der Waals surface area contributed by atoms with Gasteiger partial charge in [-0.3, -0.25) is 10.1 Å². The van der Waals surface area contributed by atoms with Gasteiger partial charge in [-0.1, -0.05) is 6.92 Å². The van der Waals surface area contributed by atoms with Crippen LogP contribution in [-0.2, 0) is 4.74 Å². The molecule has 1 aliphatic heterocycles. The monoisotopic (exact) mass is 280 g/mol. The van der Waals surface area contributed by atoms with Crippen LogP contribution in [0.2, 0.25) is 0 Å². The van der Waals surface area contributed by atoms with Crippen molar-refractivity contribution in [3.8, 4) is 0 Å². The Hall–Kier alpha value is -1.89. The highest BCUT2D eigenvalue weighted by atomic mass is 16.6. The van der Waals surface area contributed by atoms with E-state index in [1.165, 1.54) is 12.1 Å². The number of ether oxygens (including phenoxy) is 1. The van der Waals surface area contributed by atoms with Gasteiger partial charge >= 0.3 is 0 Å². The molecule has 0 aromatic carbocycles. The first-order chi connectivity index (χ1) is 9.60. The zero-order chi connectivity index (χ0) is 14.5. The molecule has 1 aromatic rings. The number of nitro groups is 1. The lowest BCUT2D eigenvalue weighted by Gasteiger charge is -2.17. The van der Waals surface area contributed by atoms with Crippen LogP contribution in [0.25, 0.3) is 0 Å². The molecule has 1 saturated heterocycles. The number of pyridine rings is 1. The van der Waals surface area contributed by atoms with Gasteiger partial charge < -0.3 is 15.4 Å². The van der Waals surface area contributed by atoms with Crippen LogP contribution in [0, 0.1) is 10.1 Å². The second-order valence-electron chi connectivity index (χ2n) is 4.90. The average Bonchev–Trinajstić information content (AvgIpc) is 2.81. The first kappa shape index (κ1) is 14.5. The first-order valence-corrected chi connectivity index (χ1v) is 6.88. The highest BCUT2D eigenvalue weighted by Crippen LogP contribution is 2.23. The van der Waals surface area contributed by atoms with E-state index in [4.69, 9.17) is 4.74 Å². The van der Waals surface area contributed by atoms with Crippen LogP contribution in [0.4, 0.5) is 17.3 Å². The van der Waals surface area contributed by atoms with Gasteiger partial charge in [0.05, 0.1) is 29.2 Å². The molecule has 0 aliphatic carbocycles. The summed E-state index contributed by atoms with van der Waals surface area (Å²) in [7, 11) is 0. The van der Waals surface area contributed by atoms with Gasteiger partial charge in [-0.25, -0.2) is 4.98 Å². The topological polar surface area (TPSA) is 89.3 Å². The van der Waals surface area contributed by atoms with Crippen LogP contribution in [0.15, 0.2) is 12.1 Å². The van der Waals surface area contributed by atoms with Gasteiger partial charge in [0, 0.05) is 13.2 Å². The molecule has 1 aliphatic rings. The van der Waals surface area contributed by atoms with Crippen molar-refractivity contribution in [2.45, 2.75) is 38.8 Å². The Morgan fingerprint density at radius 1 is 1.50 bits per heavy atom. The summed E-state index contributed by atoms with van der Waals surface area (Å²) in [5, 5.41) is 17.3. The Bertz CT molecular complexity index is 481. The smallest absolute Gasteiger partial charge is 0.276 e. The molecular weight excluding hydrogens is 260 g/mol. The molecule has 7 nitrogen and oxygen atoms in total. The van der Waals surface area contributed by atoms with Crippen LogP contribution in [0.5, 0.6) is 0 Å². The Kier molecular flexibility index (Phi) is 4.73. The molecule has 0 saturated carbocycles. The number of rotatable bonds is 6. The summed E-state index contributed by atoms with van der Waals surface area (Å²) in [6, 6.07) is 3.06. The Labute approximate surface area is 117 Å². The minimum Gasteiger partial charge on any atom is -0.376 e. The van der Waals surface area contributed by atoms with Gasteiger partial charge in [0.25, 0.3) is 5.69 Å². The molecule has 0 bridgehead atoms. The highest BCUT2D eigenvalue weighted by Gasteiger charge is 2.25. The normalized spacial score (nSPS) is 21.7. The van der Waals surface area contributed by atoms with Gasteiger partial charge in [0.15, 0.2) is 0 Å². The minimum absolute atomic E-state index is 0.0349. The van der Waals surface area contributed by atoms with Crippen molar-refractivity contribution in [2.24, 2.45) is 0 Å². The van der Waals surface area contributed by atoms with Crippen molar-refractivity contribution in [1.29, 1.82) is 0 Å². The van der Waals surface area contributed by atoms with Crippen LogP contribution in [0.3, 0.4) is 0 Å². The first-order valence-electron chi connectivity index (χ1n) is 6.88. The standard InChI is InChI=1S/C13H20N4O3/c1-3-5-14-12-7-10(17(18)19)8-13(16-12)15-11-4-6-20-9(11)2/h7-9,11H,3-6H2,1-2H3,(H2,14,15,16). The van der Waals surface area contributed by atoms with Gasteiger partial charge in [-0.05, 0) is 19.8 Å². The fourth-order valence-corrected chi connectivity index (χ4v) is 2.15. The second kappa shape index (κ2) is 6.51. The molecule has 110 valence electrons. The maximum Gasteiger partial charge on any atom is 0.276 e. The highest BCUT2D eigenvalue weighted by molar-refractivity contribution is 5.55. The maximum absolute atomic E-state index is 11.0. The number of nitrogens with one attached hydrogen (secondary N) is 2. The van der Waals surface area contributed by atoms with E-state index in [9.17, 15) is 10.1 Å². The van der Waals surface area contributed by atoms with E-state index in [-0.39, 0.29) is 17.8 Å². The molecule has 20 heavy (non-hydrogen) atoms. The summed E-state index contributed by atoms with van der Waals surface area (Å²) >= 11 is 0. The van der Waals surface area contributed by atoms with Crippen LogP contribution < -0.4 is 10.6 Å². The van der Waals surface area contributed by atoms with E-state index in [1.807, 2.05) is 13.8 Å². The predicted molar refractivity (Wildman–Crippen MR) is 77.1 cm³/mol. The molecular formula is C13H20N4O3. The van der Waals surface area contributed by atoms with Crippen LogP contribution in [-0.4, -0.2) is 35.2 Å². The SMILES string of the molecule is CCCNc1cc([N+](=O)[O-])cc(NC2CCOC2C)n1. The third-order valence-corrected chi connectivity index (χ3v) is 3.29. The summed E-state index contributed by atoms with van der Waals surface area (Å²) in [4.78, 5) is 14.9. The summed E-state index contributed by atoms with van der Waals surface area (Å²) in [5.41, 5.74) is 0.0349. The second-order valence-corrected chi connectivity index (χ2v) is 4.90. The Balaban J connectivity index is 2.17. The molecule has 7 heteroatoms. The van der Waals surface area contributed by atoms with Crippen LogP contribution >= 0.6 is 0 Å². The van der Waals surface area contributed by atoms with Crippen molar-refractivity contribution in [3.05, 3.63) is 22.2 Å². The van der Waals surface area contributed by atoms with E-state index in [1.54, 1.807) is 0 Å². The summed E-state index contributed by atoms with van der Waals surface area (Å²) in [6.45, 7) is 5.45. The average molecular weight is 280 g/mol. The molecule has 0 amide bonds. The number of hydrogen-bond acceptors (Lipinski definition) is 6. The lowest BCUT2D eigenvalue weighted by molar-refractivity contribution is -0.384. The zero-order valence-electron chi connectivity index (χ0n) is 11.8. The Morgan fingerprint density at radius 3 is 2.85 bits per heavy atom. The Morgan fingerprint density at radius 2 is 2.25 bits per heavy atom. The minimum atomic E-state index is -0.404. The number of hydrogen-bond donors (Lipinski definition) is 2. The molecule has 0 radical (unpaired) electrons. The number of anilines is 2. The molecule has 2 heterocycles. The molecule has 1 aromatic heterocycles. The van der Waals surface area contributed by atoms with E-state index < -0.39 is 4.92 Å². The van der Waals surface area contributed by atoms with E-state index >= 15 is 0 Å². The summed E-state index contributed by atoms with van der Waals surface area (Å²) in [6.07, 6.45) is 1.90. The van der Waals surface area contributed by atoms with E-state index in [0.717, 1.165) is 19.4 Å². The molecule has 2 atom stereocenters. The van der Waals surface area contributed by atoms with Gasteiger partial charge in [0.2, 0.25) is 0 Å². The molecule has 2 N–H and O–H groups in total. The number of nitrogens with zero attached hydrogens (tertiary/aromatic N) is 2. The van der Waals surface area contributed by atoms with Crippen molar-refractivity contribution in [3.63, 3.8) is 0 Å². The van der Waals surface area contributed by atoms with Crippen molar-refractivity contribution >= 4 is 17.3 Å². The van der Waals surface area contributed by atoms with Crippen molar-refractivity contribution in [2.75, 3.05) is 23.8 Å². The molecule has 2 rings (SSSR count).